The molecule has 1 heterocycles. The first-order chi connectivity index (χ1) is 13.3. The van der Waals surface area contributed by atoms with E-state index in [1.54, 1.807) is 28.8 Å². The predicted molar refractivity (Wildman–Crippen MR) is 107 cm³/mol. The van der Waals surface area contributed by atoms with Crippen molar-refractivity contribution < 1.29 is 9.18 Å². The van der Waals surface area contributed by atoms with Crippen molar-refractivity contribution in [3.63, 3.8) is 0 Å². The van der Waals surface area contributed by atoms with Gasteiger partial charge in [0.25, 0.3) is 0 Å². The molecule has 0 unspecified atom stereocenters. The molecule has 0 aliphatic rings. The number of amides is 1. The Labute approximate surface area is 167 Å². The highest BCUT2D eigenvalue weighted by molar-refractivity contribution is 8.00. The van der Waals surface area contributed by atoms with Crippen LogP contribution in [-0.2, 0) is 11.3 Å². The van der Waals surface area contributed by atoms with Gasteiger partial charge < -0.3 is 4.90 Å². The second-order valence-electron chi connectivity index (χ2n) is 6.80. The molecule has 0 saturated carbocycles. The molecule has 0 N–H and O–H groups in total. The molecule has 2 aromatic carbocycles. The molecular formula is C20H22FN5OS. The molecule has 28 heavy (non-hydrogen) atoms. The molecule has 0 aliphatic carbocycles. The third kappa shape index (κ3) is 4.75. The zero-order valence-corrected chi connectivity index (χ0v) is 17.1. The lowest BCUT2D eigenvalue weighted by Gasteiger charge is -2.21. The maximum atomic E-state index is 13.4. The van der Waals surface area contributed by atoms with E-state index in [9.17, 15) is 9.18 Å². The number of halogens is 1. The van der Waals surface area contributed by atoms with E-state index in [1.807, 2.05) is 32.9 Å². The number of aromatic nitrogens is 4. The van der Waals surface area contributed by atoms with Gasteiger partial charge in [-0.1, -0.05) is 30.0 Å². The van der Waals surface area contributed by atoms with Crippen LogP contribution in [0.2, 0.25) is 0 Å². The molecule has 8 heteroatoms. The number of tetrazole rings is 1. The summed E-state index contributed by atoms with van der Waals surface area (Å²) < 4.78 is 15.0. The lowest BCUT2D eigenvalue weighted by molar-refractivity contribution is -0.129. The van der Waals surface area contributed by atoms with Crippen molar-refractivity contribution in [2.75, 3.05) is 7.05 Å². The highest BCUT2D eigenvalue weighted by atomic mass is 32.2. The summed E-state index contributed by atoms with van der Waals surface area (Å²) in [6, 6.07) is 12.3. The smallest absolute Gasteiger partial charge is 0.235 e. The van der Waals surface area contributed by atoms with E-state index in [1.165, 1.54) is 23.9 Å². The standard InChI is InChI=1S/C20H22FN5OS/c1-13-8-14(2)10-18(9-13)26-20(22-23-24-26)28-15(3)19(27)25(4)12-16-6-5-7-17(21)11-16/h5-11,15H,12H2,1-4H3/t15-/m0/s1. The number of carbonyl (C=O) groups excluding carboxylic acids is 1. The van der Waals surface area contributed by atoms with Crippen molar-refractivity contribution in [2.45, 2.75) is 37.7 Å². The minimum absolute atomic E-state index is 0.0794. The summed E-state index contributed by atoms with van der Waals surface area (Å²) in [4.78, 5) is 14.3. The normalized spacial score (nSPS) is 12.0. The zero-order valence-electron chi connectivity index (χ0n) is 16.3. The summed E-state index contributed by atoms with van der Waals surface area (Å²) in [5.74, 6) is -0.391. The summed E-state index contributed by atoms with van der Waals surface area (Å²) in [6.45, 7) is 6.18. The summed E-state index contributed by atoms with van der Waals surface area (Å²) in [5, 5.41) is 12.1. The molecule has 0 spiro atoms. The third-order valence-electron chi connectivity index (χ3n) is 4.21. The molecule has 146 valence electrons. The van der Waals surface area contributed by atoms with Gasteiger partial charge in [0.2, 0.25) is 11.1 Å². The Bertz CT molecular complexity index is 970. The molecule has 1 aromatic heterocycles. The second kappa shape index (κ2) is 8.52. The second-order valence-corrected chi connectivity index (χ2v) is 8.11. The molecule has 1 atom stereocenters. The molecular weight excluding hydrogens is 377 g/mol. The van der Waals surface area contributed by atoms with Crippen LogP contribution in [0, 0.1) is 19.7 Å². The number of carbonyl (C=O) groups is 1. The van der Waals surface area contributed by atoms with Gasteiger partial charge in [-0.2, -0.15) is 4.68 Å². The quantitative estimate of drug-likeness (QED) is 0.593. The Morgan fingerprint density at radius 1 is 1.21 bits per heavy atom. The highest BCUT2D eigenvalue weighted by Crippen LogP contribution is 2.25. The van der Waals surface area contributed by atoms with Gasteiger partial charge in [-0.25, -0.2) is 4.39 Å². The molecule has 0 bridgehead atoms. The van der Waals surface area contributed by atoms with E-state index < -0.39 is 5.25 Å². The Balaban J connectivity index is 1.72. The van der Waals surface area contributed by atoms with Crippen LogP contribution in [0.4, 0.5) is 4.39 Å². The monoisotopic (exact) mass is 399 g/mol. The fourth-order valence-electron chi connectivity index (χ4n) is 2.99. The summed E-state index contributed by atoms with van der Waals surface area (Å²) in [6.07, 6.45) is 0. The van der Waals surface area contributed by atoms with Crippen molar-refractivity contribution in [1.29, 1.82) is 0 Å². The van der Waals surface area contributed by atoms with Crippen LogP contribution in [-0.4, -0.2) is 43.3 Å². The summed E-state index contributed by atoms with van der Waals surface area (Å²) >= 11 is 1.30. The van der Waals surface area contributed by atoms with Crippen molar-refractivity contribution >= 4 is 17.7 Å². The fraction of sp³-hybridized carbons (Fsp3) is 0.300. The highest BCUT2D eigenvalue weighted by Gasteiger charge is 2.22. The number of benzene rings is 2. The molecule has 1 amide bonds. The number of nitrogens with zero attached hydrogens (tertiary/aromatic N) is 5. The van der Waals surface area contributed by atoms with Gasteiger partial charge in [-0.05, 0) is 72.2 Å². The number of thioether (sulfide) groups is 1. The lowest BCUT2D eigenvalue weighted by atomic mass is 10.1. The maximum absolute atomic E-state index is 13.4. The topological polar surface area (TPSA) is 63.9 Å². The number of aryl methyl sites for hydroxylation is 2. The Hall–Kier alpha value is -2.74. The van der Waals surface area contributed by atoms with Crippen LogP contribution >= 0.6 is 11.8 Å². The van der Waals surface area contributed by atoms with Gasteiger partial charge in [0.1, 0.15) is 5.82 Å². The third-order valence-corrected chi connectivity index (χ3v) is 5.23. The van der Waals surface area contributed by atoms with E-state index in [0.29, 0.717) is 11.7 Å². The number of hydrogen-bond donors (Lipinski definition) is 0. The number of rotatable bonds is 6. The fourth-order valence-corrected chi connectivity index (χ4v) is 3.92. The molecule has 3 rings (SSSR count). The van der Waals surface area contributed by atoms with Crippen molar-refractivity contribution in [3.05, 3.63) is 65.0 Å². The van der Waals surface area contributed by atoms with Gasteiger partial charge in [-0.3, -0.25) is 4.79 Å². The largest absolute Gasteiger partial charge is 0.340 e. The van der Waals surface area contributed by atoms with Crippen LogP contribution < -0.4 is 0 Å². The van der Waals surface area contributed by atoms with Crippen molar-refractivity contribution in [3.8, 4) is 5.69 Å². The van der Waals surface area contributed by atoms with Gasteiger partial charge in [-0.15, -0.1) is 5.10 Å². The average Bonchev–Trinajstić information content (AvgIpc) is 3.08. The Morgan fingerprint density at radius 2 is 1.93 bits per heavy atom. The van der Waals surface area contributed by atoms with Crippen molar-refractivity contribution in [1.82, 2.24) is 25.1 Å². The summed E-state index contributed by atoms with van der Waals surface area (Å²) in [7, 11) is 1.71. The first-order valence-electron chi connectivity index (χ1n) is 8.86. The van der Waals surface area contributed by atoms with Crippen LogP contribution in [0.25, 0.3) is 5.69 Å². The van der Waals surface area contributed by atoms with E-state index in [4.69, 9.17) is 0 Å². The SMILES string of the molecule is Cc1cc(C)cc(-n2nnnc2S[C@@H](C)C(=O)N(C)Cc2cccc(F)c2)c1. The Morgan fingerprint density at radius 3 is 2.61 bits per heavy atom. The van der Waals surface area contributed by atoms with Gasteiger partial charge in [0.05, 0.1) is 10.9 Å². The average molecular weight is 399 g/mol. The van der Waals surface area contributed by atoms with Crippen LogP contribution in [0.15, 0.2) is 47.6 Å². The Kier molecular flexibility index (Phi) is 6.08. The summed E-state index contributed by atoms with van der Waals surface area (Å²) in [5.41, 5.74) is 3.83. The van der Waals surface area contributed by atoms with E-state index in [-0.39, 0.29) is 11.7 Å². The molecule has 0 saturated heterocycles. The van der Waals surface area contributed by atoms with Gasteiger partial charge in [0.15, 0.2) is 0 Å². The zero-order chi connectivity index (χ0) is 20.3. The van der Waals surface area contributed by atoms with E-state index >= 15 is 0 Å². The van der Waals surface area contributed by atoms with Crippen LogP contribution in [0.5, 0.6) is 0 Å². The van der Waals surface area contributed by atoms with E-state index in [2.05, 4.69) is 21.6 Å². The minimum atomic E-state index is -0.394. The number of hydrogen-bond acceptors (Lipinski definition) is 5. The minimum Gasteiger partial charge on any atom is -0.340 e. The first-order valence-corrected chi connectivity index (χ1v) is 9.74. The molecule has 6 nitrogen and oxygen atoms in total. The molecule has 0 radical (unpaired) electrons. The predicted octanol–water partition coefficient (Wildman–Crippen LogP) is 3.56. The first kappa shape index (κ1) is 20.0. The van der Waals surface area contributed by atoms with Gasteiger partial charge in [0, 0.05) is 13.6 Å². The van der Waals surface area contributed by atoms with Crippen LogP contribution in [0.3, 0.4) is 0 Å². The molecule has 3 aromatic rings. The lowest BCUT2D eigenvalue weighted by Crippen LogP contribution is -2.33. The van der Waals surface area contributed by atoms with Gasteiger partial charge >= 0.3 is 0 Å². The molecule has 0 fully saturated rings. The van der Waals surface area contributed by atoms with Crippen LogP contribution in [0.1, 0.15) is 23.6 Å². The van der Waals surface area contributed by atoms with Crippen molar-refractivity contribution in [2.24, 2.45) is 0 Å². The molecule has 0 aliphatic heterocycles. The van der Waals surface area contributed by atoms with E-state index in [0.717, 1.165) is 22.4 Å². The maximum Gasteiger partial charge on any atom is 0.235 e.